The molecule has 1 aliphatic rings. The Morgan fingerprint density at radius 2 is 2.50 bits per heavy atom. The van der Waals surface area contributed by atoms with Crippen LogP contribution in [0.5, 0.6) is 0 Å². The van der Waals surface area contributed by atoms with E-state index in [1.54, 1.807) is 0 Å². The lowest BCUT2D eigenvalue weighted by molar-refractivity contribution is 0.320. The van der Waals surface area contributed by atoms with Crippen LogP contribution in [0.4, 0.5) is 0 Å². The highest BCUT2D eigenvalue weighted by Gasteiger charge is 2.19. The molecule has 3 nitrogen and oxygen atoms in total. The third-order valence-corrected chi connectivity index (χ3v) is 2.13. The van der Waals surface area contributed by atoms with E-state index < -0.39 is 0 Å². The number of hydrogen-bond donors (Lipinski definition) is 3. The minimum absolute atomic E-state index is 0.397. The summed E-state index contributed by atoms with van der Waals surface area (Å²) in [5.41, 5.74) is 5.89. The zero-order valence-corrected chi connectivity index (χ0v) is 6.56. The molecule has 1 fully saturated rings. The van der Waals surface area contributed by atoms with Gasteiger partial charge < -0.3 is 16.4 Å². The molecule has 4 N–H and O–H groups in total. The maximum atomic E-state index is 5.89. The van der Waals surface area contributed by atoms with Gasteiger partial charge in [-0.15, -0.1) is 0 Å². The van der Waals surface area contributed by atoms with Crippen molar-refractivity contribution in [1.29, 1.82) is 0 Å². The molecule has 0 aliphatic carbocycles. The molecule has 60 valence electrons. The largest absolute Gasteiger partial charge is 0.327 e. The third kappa shape index (κ3) is 1.94. The smallest absolute Gasteiger partial charge is 0.0103 e. The molecule has 3 heteroatoms. The summed E-state index contributed by atoms with van der Waals surface area (Å²) in [6.45, 7) is 3.19. The SMILES string of the molecule is CNCC1CNCCC1N. The minimum Gasteiger partial charge on any atom is -0.327 e. The molecule has 1 heterocycles. The van der Waals surface area contributed by atoms with E-state index in [2.05, 4.69) is 10.6 Å². The molecule has 10 heavy (non-hydrogen) atoms. The Hall–Kier alpha value is -0.120. The standard InChI is InChI=1S/C7H17N3/c1-9-4-6-5-10-3-2-7(6)8/h6-7,9-10H,2-5,8H2,1H3. The number of hydrogen-bond acceptors (Lipinski definition) is 3. The minimum atomic E-state index is 0.397. The maximum Gasteiger partial charge on any atom is 0.0103 e. The van der Waals surface area contributed by atoms with Crippen molar-refractivity contribution >= 4 is 0 Å². The van der Waals surface area contributed by atoms with Crippen LogP contribution in [-0.2, 0) is 0 Å². The molecule has 0 aromatic carbocycles. The van der Waals surface area contributed by atoms with Gasteiger partial charge in [0.15, 0.2) is 0 Å². The number of nitrogens with two attached hydrogens (primary N) is 1. The normalized spacial score (nSPS) is 34.2. The van der Waals surface area contributed by atoms with Gasteiger partial charge in [-0.25, -0.2) is 0 Å². The zero-order chi connectivity index (χ0) is 7.40. The second kappa shape index (κ2) is 3.91. The second-order valence-corrected chi connectivity index (χ2v) is 2.97. The van der Waals surface area contributed by atoms with E-state index in [4.69, 9.17) is 5.73 Å². The molecular weight excluding hydrogens is 126 g/mol. The zero-order valence-electron chi connectivity index (χ0n) is 6.56. The van der Waals surface area contributed by atoms with Crippen molar-refractivity contribution in [2.24, 2.45) is 11.7 Å². The predicted molar refractivity (Wildman–Crippen MR) is 42.9 cm³/mol. The van der Waals surface area contributed by atoms with Crippen LogP contribution in [-0.4, -0.2) is 32.7 Å². The first-order chi connectivity index (χ1) is 4.84. The fraction of sp³-hybridized carbons (Fsp3) is 1.00. The van der Waals surface area contributed by atoms with Crippen LogP contribution in [0.2, 0.25) is 0 Å². The van der Waals surface area contributed by atoms with Crippen molar-refractivity contribution < 1.29 is 0 Å². The fourth-order valence-corrected chi connectivity index (χ4v) is 1.43. The summed E-state index contributed by atoms with van der Waals surface area (Å²) < 4.78 is 0. The summed E-state index contributed by atoms with van der Waals surface area (Å²) in [7, 11) is 1.97. The summed E-state index contributed by atoms with van der Waals surface area (Å²) in [5.74, 6) is 0.624. The van der Waals surface area contributed by atoms with E-state index in [-0.39, 0.29) is 0 Å². The van der Waals surface area contributed by atoms with Crippen molar-refractivity contribution in [3.63, 3.8) is 0 Å². The van der Waals surface area contributed by atoms with Gasteiger partial charge in [0, 0.05) is 19.1 Å². The maximum absolute atomic E-state index is 5.89. The van der Waals surface area contributed by atoms with Gasteiger partial charge in [-0.05, 0) is 25.9 Å². The topological polar surface area (TPSA) is 50.1 Å². The van der Waals surface area contributed by atoms with Crippen LogP contribution >= 0.6 is 0 Å². The highest BCUT2D eigenvalue weighted by molar-refractivity contribution is 4.81. The van der Waals surface area contributed by atoms with Crippen molar-refractivity contribution in [1.82, 2.24) is 10.6 Å². The Bertz CT molecular complexity index is 92.9. The molecule has 1 saturated heterocycles. The Kier molecular flexibility index (Phi) is 3.12. The van der Waals surface area contributed by atoms with Crippen LogP contribution in [0, 0.1) is 5.92 Å². The average Bonchev–Trinajstić information content (AvgIpc) is 1.94. The molecule has 0 radical (unpaired) electrons. The van der Waals surface area contributed by atoms with Gasteiger partial charge in [-0.1, -0.05) is 0 Å². The summed E-state index contributed by atoms with van der Waals surface area (Å²) in [4.78, 5) is 0. The lowest BCUT2D eigenvalue weighted by Crippen LogP contribution is -2.48. The van der Waals surface area contributed by atoms with Gasteiger partial charge in [-0.3, -0.25) is 0 Å². The third-order valence-electron chi connectivity index (χ3n) is 2.13. The van der Waals surface area contributed by atoms with Crippen LogP contribution in [0.1, 0.15) is 6.42 Å². The van der Waals surface area contributed by atoms with E-state index in [0.29, 0.717) is 12.0 Å². The molecule has 2 unspecified atom stereocenters. The molecule has 0 spiro atoms. The first-order valence-corrected chi connectivity index (χ1v) is 3.95. The predicted octanol–water partition coefficient (Wildman–Crippen LogP) is -0.857. The van der Waals surface area contributed by atoms with Crippen LogP contribution in [0.3, 0.4) is 0 Å². The van der Waals surface area contributed by atoms with E-state index in [9.17, 15) is 0 Å². The molecular formula is C7H17N3. The van der Waals surface area contributed by atoms with Crippen LogP contribution in [0.25, 0.3) is 0 Å². The van der Waals surface area contributed by atoms with E-state index in [0.717, 1.165) is 26.1 Å². The van der Waals surface area contributed by atoms with Gasteiger partial charge in [0.2, 0.25) is 0 Å². The van der Waals surface area contributed by atoms with E-state index >= 15 is 0 Å². The summed E-state index contributed by atoms with van der Waals surface area (Å²) in [5, 5.41) is 6.48. The summed E-state index contributed by atoms with van der Waals surface area (Å²) in [6, 6.07) is 0.397. The Morgan fingerprint density at radius 3 is 3.10 bits per heavy atom. The van der Waals surface area contributed by atoms with Gasteiger partial charge >= 0.3 is 0 Å². The Morgan fingerprint density at radius 1 is 1.70 bits per heavy atom. The quantitative estimate of drug-likeness (QED) is 0.471. The van der Waals surface area contributed by atoms with Gasteiger partial charge in [0.05, 0.1) is 0 Å². The number of piperidine rings is 1. The molecule has 0 saturated carbocycles. The monoisotopic (exact) mass is 143 g/mol. The van der Waals surface area contributed by atoms with Crippen molar-refractivity contribution in [3.05, 3.63) is 0 Å². The Balaban J connectivity index is 2.25. The summed E-state index contributed by atoms with van der Waals surface area (Å²) in [6.07, 6.45) is 1.12. The first-order valence-electron chi connectivity index (χ1n) is 3.95. The number of nitrogens with one attached hydrogen (secondary N) is 2. The van der Waals surface area contributed by atoms with Crippen molar-refractivity contribution in [2.75, 3.05) is 26.7 Å². The highest BCUT2D eigenvalue weighted by Crippen LogP contribution is 2.06. The average molecular weight is 143 g/mol. The molecule has 0 aromatic rings. The molecule has 1 aliphatic heterocycles. The first kappa shape index (κ1) is 7.98. The van der Waals surface area contributed by atoms with Crippen LogP contribution in [0.15, 0.2) is 0 Å². The number of rotatable bonds is 2. The second-order valence-electron chi connectivity index (χ2n) is 2.97. The highest BCUT2D eigenvalue weighted by atomic mass is 14.9. The van der Waals surface area contributed by atoms with Gasteiger partial charge in [0.25, 0.3) is 0 Å². The van der Waals surface area contributed by atoms with Gasteiger partial charge in [0.1, 0.15) is 0 Å². The van der Waals surface area contributed by atoms with Crippen LogP contribution < -0.4 is 16.4 Å². The Labute approximate surface area is 62.4 Å². The molecule has 1 rings (SSSR count). The molecule has 2 atom stereocenters. The van der Waals surface area contributed by atoms with E-state index in [1.807, 2.05) is 7.05 Å². The molecule has 0 bridgehead atoms. The lowest BCUT2D eigenvalue weighted by Gasteiger charge is -2.28. The summed E-state index contributed by atoms with van der Waals surface area (Å²) >= 11 is 0. The fourth-order valence-electron chi connectivity index (χ4n) is 1.43. The van der Waals surface area contributed by atoms with E-state index in [1.165, 1.54) is 0 Å². The molecule has 0 amide bonds. The van der Waals surface area contributed by atoms with Crippen molar-refractivity contribution in [3.8, 4) is 0 Å². The van der Waals surface area contributed by atoms with Crippen molar-refractivity contribution in [2.45, 2.75) is 12.5 Å². The molecule has 0 aromatic heterocycles. The van der Waals surface area contributed by atoms with Gasteiger partial charge in [-0.2, -0.15) is 0 Å². The lowest BCUT2D eigenvalue weighted by atomic mass is 9.94.